The molecule has 4 nitrogen and oxygen atoms in total. The third-order valence-corrected chi connectivity index (χ3v) is 4.07. The van der Waals surface area contributed by atoms with E-state index in [9.17, 15) is 4.79 Å². The Morgan fingerprint density at radius 1 is 1.56 bits per heavy atom. The van der Waals surface area contributed by atoms with E-state index in [1.165, 1.54) is 5.56 Å². The predicted molar refractivity (Wildman–Crippen MR) is 74.4 cm³/mol. The van der Waals surface area contributed by atoms with Gasteiger partial charge in [-0.3, -0.25) is 15.1 Å². The zero-order valence-corrected chi connectivity index (χ0v) is 11.4. The predicted octanol–water partition coefficient (Wildman–Crippen LogP) is 1.14. The number of likely N-dealkylation sites (N-methyl/N-ethyl adjacent to an activating group) is 1. The van der Waals surface area contributed by atoms with Gasteiger partial charge in [-0.05, 0) is 31.0 Å². The minimum absolute atomic E-state index is 0.00684. The Bertz CT molecular complexity index is 379. The van der Waals surface area contributed by atoms with Gasteiger partial charge in [0, 0.05) is 37.1 Å². The Kier molecular flexibility index (Phi) is 5.01. The van der Waals surface area contributed by atoms with Crippen LogP contribution in [0.5, 0.6) is 0 Å². The lowest BCUT2D eigenvalue weighted by molar-refractivity contribution is -0.132. The number of carbonyl (C=O) groups excluding carboxylic acids is 1. The Morgan fingerprint density at radius 3 is 2.94 bits per heavy atom. The molecule has 1 saturated heterocycles. The van der Waals surface area contributed by atoms with E-state index in [4.69, 9.17) is 0 Å². The lowest BCUT2D eigenvalue weighted by Crippen LogP contribution is -2.45. The van der Waals surface area contributed by atoms with E-state index in [2.05, 4.69) is 10.3 Å². The molecule has 0 aliphatic carbocycles. The van der Waals surface area contributed by atoms with Crippen LogP contribution in [0.4, 0.5) is 0 Å². The van der Waals surface area contributed by atoms with E-state index in [-0.39, 0.29) is 11.9 Å². The smallest absolute Gasteiger partial charge is 0.240 e. The number of nitrogens with one attached hydrogen (secondary N) is 1. The molecule has 18 heavy (non-hydrogen) atoms. The number of rotatable bonds is 5. The number of pyridine rings is 1. The summed E-state index contributed by atoms with van der Waals surface area (Å²) in [6.07, 6.45) is 4.48. The molecule has 0 bridgehead atoms. The van der Waals surface area contributed by atoms with Crippen molar-refractivity contribution < 1.29 is 4.79 Å². The number of thioether (sulfide) groups is 1. The number of carbonyl (C=O) groups is 1. The third kappa shape index (κ3) is 3.46. The van der Waals surface area contributed by atoms with Gasteiger partial charge < -0.3 is 4.90 Å². The van der Waals surface area contributed by atoms with Crippen molar-refractivity contribution >= 4 is 17.7 Å². The van der Waals surface area contributed by atoms with Crippen LogP contribution in [0.3, 0.4) is 0 Å². The fourth-order valence-electron chi connectivity index (χ4n) is 2.01. The van der Waals surface area contributed by atoms with Crippen LogP contribution in [0.1, 0.15) is 12.5 Å². The zero-order valence-electron chi connectivity index (χ0n) is 10.6. The molecule has 1 aromatic rings. The molecular formula is C13H19N3OS. The summed E-state index contributed by atoms with van der Waals surface area (Å²) in [5, 5.41) is 3.23. The van der Waals surface area contributed by atoms with Gasteiger partial charge in [-0.1, -0.05) is 0 Å². The molecule has 5 heteroatoms. The molecule has 1 N–H and O–H groups in total. The summed E-state index contributed by atoms with van der Waals surface area (Å²) in [6.45, 7) is 3.58. The van der Waals surface area contributed by atoms with Gasteiger partial charge in [0.2, 0.25) is 5.91 Å². The van der Waals surface area contributed by atoms with Gasteiger partial charge in [-0.2, -0.15) is 0 Å². The van der Waals surface area contributed by atoms with E-state index in [0.29, 0.717) is 0 Å². The van der Waals surface area contributed by atoms with Crippen molar-refractivity contribution in [3.05, 3.63) is 30.1 Å². The first kappa shape index (κ1) is 13.4. The lowest BCUT2D eigenvalue weighted by atomic mass is 10.2. The van der Waals surface area contributed by atoms with Crippen molar-refractivity contribution in [1.82, 2.24) is 15.2 Å². The summed E-state index contributed by atoms with van der Waals surface area (Å²) in [4.78, 5) is 18.2. The van der Waals surface area contributed by atoms with Crippen LogP contribution in [-0.4, -0.2) is 46.6 Å². The van der Waals surface area contributed by atoms with Crippen LogP contribution in [0.15, 0.2) is 24.5 Å². The van der Waals surface area contributed by atoms with Crippen LogP contribution < -0.4 is 5.32 Å². The van der Waals surface area contributed by atoms with E-state index in [1.54, 1.807) is 24.2 Å². The summed E-state index contributed by atoms with van der Waals surface area (Å²) >= 11 is 1.79. The summed E-state index contributed by atoms with van der Waals surface area (Å²) in [5.74, 6) is 2.01. The van der Waals surface area contributed by atoms with Crippen molar-refractivity contribution in [3.8, 4) is 0 Å². The number of amides is 1. The molecule has 0 saturated carbocycles. The second kappa shape index (κ2) is 6.75. The highest BCUT2D eigenvalue weighted by Crippen LogP contribution is 2.12. The van der Waals surface area contributed by atoms with E-state index >= 15 is 0 Å². The van der Waals surface area contributed by atoms with Gasteiger partial charge in [0.1, 0.15) is 0 Å². The minimum Gasteiger partial charge on any atom is -0.341 e. The molecule has 98 valence electrons. The standard InChI is InChI=1S/C13H19N3OS/c1-2-16(13(17)12-9-18-10-15-12)8-5-11-3-6-14-7-4-11/h3-4,6-7,12,15H,2,5,8-10H2,1H3. The average molecular weight is 265 g/mol. The zero-order chi connectivity index (χ0) is 12.8. The molecule has 2 heterocycles. The first-order chi connectivity index (χ1) is 8.81. The van der Waals surface area contributed by atoms with Crippen LogP contribution in [0.25, 0.3) is 0 Å². The summed E-state index contributed by atoms with van der Waals surface area (Å²) < 4.78 is 0. The van der Waals surface area contributed by atoms with Gasteiger partial charge in [-0.15, -0.1) is 11.8 Å². The molecule has 0 aromatic carbocycles. The number of aromatic nitrogens is 1. The maximum atomic E-state index is 12.2. The average Bonchev–Trinajstić information content (AvgIpc) is 2.94. The molecule has 1 aliphatic heterocycles. The van der Waals surface area contributed by atoms with Gasteiger partial charge in [0.15, 0.2) is 0 Å². The Balaban J connectivity index is 1.87. The largest absolute Gasteiger partial charge is 0.341 e. The van der Waals surface area contributed by atoms with Crippen LogP contribution in [0, 0.1) is 0 Å². The topological polar surface area (TPSA) is 45.2 Å². The highest BCUT2D eigenvalue weighted by Gasteiger charge is 2.26. The molecule has 0 radical (unpaired) electrons. The molecule has 2 rings (SSSR count). The maximum Gasteiger partial charge on any atom is 0.240 e. The van der Waals surface area contributed by atoms with E-state index in [0.717, 1.165) is 31.1 Å². The first-order valence-corrected chi connectivity index (χ1v) is 7.45. The summed E-state index contributed by atoms with van der Waals surface area (Å²) in [6, 6.07) is 4.01. The van der Waals surface area contributed by atoms with Crippen molar-refractivity contribution in [2.24, 2.45) is 0 Å². The number of hydrogen-bond donors (Lipinski definition) is 1. The highest BCUT2D eigenvalue weighted by atomic mass is 32.2. The second-order valence-electron chi connectivity index (χ2n) is 4.30. The summed E-state index contributed by atoms with van der Waals surface area (Å²) in [5.41, 5.74) is 1.23. The van der Waals surface area contributed by atoms with Crippen LogP contribution in [0.2, 0.25) is 0 Å². The molecular weight excluding hydrogens is 246 g/mol. The minimum atomic E-state index is 0.00684. The highest BCUT2D eigenvalue weighted by molar-refractivity contribution is 7.99. The van der Waals surface area contributed by atoms with E-state index in [1.807, 2.05) is 24.0 Å². The normalized spacial score (nSPS) is 18.8. The quantitative estimate of drug-likeness (QED) is 0.867. The molecule has 1 atom stereocenters. The Hall–Kier alpha value is -1.07. The monoisotopic (exact) mass is 265 g/mol. The van der Waals surface area contributed by atoms with Gasteiger partial charge in [0.05, 0.1) is 6.04 Å². The Labute approximate surface area is 112 Å². The number of nitrogens with zero attached hydrogens (tertiary/aromatic N) is 2. The lowest BCUT2D eigenvalue weighted by Gasteiger charge is -2.24. The second-order valence-corrected chi connectivity index (χ2v) is 5.33. The molecule has 1 amide bonds. The first-order valence-electron chi connectivity index (χ1n) is 6.30. The fraction of sp³-hybridized carbons (Fsp3) is 0.538. The van der Waals surface area contributed by atoms with Crippen molar-refractivity contribution in [1.29, 1.82) is 0 Å². The van der Waals surface area contributed by atoms with E-state index < -0.39 is 0 Å². The molecule has 1 aliphatic rings. The molecule has 1 fully saturated rings. The summed E-state index contributed by atoms with van der Waals surface area (Å²) in [7, 11) is 0. The van der Waals surface area contributed by atoms with Crippen molar-refractivity contribution in [2.45, 2.75) is 19.4 Å². The van der Waals surface area contributed by atoms with Gasteiger partial charge in [-0.25, -0.2) is 0 Å². The maximum absolute atomic E-state index is 12.2. The van der Waals surface area contributed by atoms with Crippen molar-refractivity contribution in [3.63, 3.8) is 0 Å². The SMILES string of the molecule is CCN(CCc1ccncc1)C(=O)C1CSCN1. The molecule has 0 spiro atoms. The van der Waals surface area contributed by atoms with Crippen LogP contribution in [-0.2, 0) is 11.2 Å². The molecule has 1 unspecified atom stereocenters. The van der Waals surface area contributed by atoms with Crippen LogP contribution >= 0.6 is 11.8 Å². The molecule has 1 aromatic heterocycles. The third-order valence-electron chi connectivity index (χ3n) is 3.13. The fourth-order valence-corrected chi connectivity index (χ4v) is 2.94. The van der Waals surface area contributed by atoms with Gasteiger partial charge >= 0.3 is 0 Å². The van der Waals surface area contributed by atoms with Gasteiger partial charge in [0.25, 0.3) is 0 Å². The number of hydrogen-bond acceptors (Lipinski definition) is 4. The van der Waals surface area contributed by atoms with Crippen molar-refractivity contribution in [2.75, 3.05) is 24.7 Å². The Morgan fingerprint density at radius 2 is 2.33 bits per heavy atom.